The maximum absolute atomic E-state index is 5.54. The Morgan fingerprint density at radius 1 is 1.41 bits per heavy atom. The van der Waals surface area contributed by atoms with Crippen LogP contribution in [-0.4, -0.2) is 37.2 Å². The fourth-order valence-electron chi connectivity index (χ4n) is 2.60. The van der Waals surface area contributed by atoms with Crippen molar-refractivity contribution in [3.63, 3.8) is 0 Å². The van der Waals surface area contributed by atoms with Gasteiger partial charge in [-0.15, -0.1) is 0 Å². The predicted molar refractivity (Wildman–Crippen MR) is 68.4 cm³/mol. The highest BCUT2D eigenvalue weighted by Crippen LogP contribution is 2.26. The Morgan fingerprint density at radius 3 is 3.00 bits per heavy atom. The maximum atomic E-state index is 5.54. The molecule has 0 amide bonds. The molecule has 3 heteroatoms. The molecule has 0 atom stereocenters. The van der Waals surface area contributed by atoms with E-state index in [0.29, 0.717) is 0 Å². The molecule has 1 aromatic carbocycles. The summed E-state index contributed by atoms with van der Waals surface area (Å²) in [5, 5.41) is 3.34. The lowest BCUT2D eigenvalue weighted by Crippen LogP contribution is -2.56. The number of benzene rings is 1. The van der Waals surface area contributed by atoms with E-state index in [0.717, 1.165) is 51.0 Å². The van der Waals surface area contributed by atoms with Gasteiger partial charge in [0.25, 0.3) is 0 Å². The van der Waals surface area contributed by atoms with Crippen molar-refractivity contribution in [3.05, 3.63) is 29.3 Å². The second-order valence-electron chi connectivity index (χ2n) is 4.92. The van der Waals surface area contributed by atoms with Crippen LogP contribution in [0.25, 0.3) is 0 Å². The van der Waals surface area contributed by atoms with Crippen LogP contribution in [0.4, 0.5) is 0 Å². The molecular weight excluding hydrogens is 212 g/mol. The summed E-state index contributed by atoms with van der Waals surface area (Å²) in [6.45, 7) is 7.57. The number of fused-ring (bicyclic) bond motifs is 1. The Hall–Kier alpha value is -1.06. The van der Waals surface area contributed by atoms with Crippen LogP contribution < -0.4 is 10.1 Å². The predicted octanol–water partition coefficient (Wildman–Crippen LogP) is 1.42. The summed E-state index contributed by atoms with van der Waals surface area (Å²) in [6, 6.07) is 7.38. The van der Waals surface area contributed by atoms with Crippen molar-refractivity contribution < 1.29 is 4.74 Å². The van der Waals surface area contributed by atoms with Crippen molar-refractivity contribution in [2.45, 2.75) is 25.9 Å². The average molecular weight is 232 g/mol. The average Bonchev–Trinajstić information content (AvgIpc) is 2.72. The second kappa shape index (κ2) is 4.67. The van der Waals surface area contributed by atoms with E-state index in [2.05, 4.69) is 35.3 Å². The minimum absolute atomic E-state index is 0.726. The molecule has 0 saturated carbocycles. The van der Waals surface area contributed by atoms with Gasteiger partial charge in [0, 0.05) is 32.1 Å². The number of hydrogen-bond donors (Lipinski definition) is 1. The molecule has 0 unspecified atom stereocenters. The van der Waals surface area contributed by atoms with E-state index in [1.807, 2.05) is 0 Å². The van der Waals surface area contributed by atoms with Crippen molar-refractivity contribution in [2.75, 3.05) is 26.2 Å². The molecule has 1 saturated heterocycles. The molecule has 17 heavy (non-hydrogen) atoms. The number of hydrogen-bond acceptors (Lipinski definition) is 3. The molecule has 1 N–H and O–H groups in total. The lowest BCUT2D eigenvalue weighted by molar-refractivity contribution is 0.145. The highest BCUT2D eigenvalue weighted by Gasteiger charge is 2.23. The Morgan fingerprint density at radius 2 is 2.29 bits per heavy atom. The molecule has 2 aliphatic heterocycles. The first-order valence-electron chi connectivity index (χ1n) is 6.56. The van der Waals surface area contributed by atoms with Gasteiger partial charge in [-0.05, 0) is 23.7 Å². The van der Waals surface area contributed by atoms with Gasteiger partial charge in [0.2, 0.25) is 0 Å². The first kappa shape index (κ1) is 11.1. The Balaban J connectivity index is 1.71. The summed E-state index contributed by atoms with van der Waals surface area (Å²) in [6.07, 6.45) is 1.07. The molecule has 0 aliphatic carbocycles. The van der Waals surface area contributed by atoms with E-state index >= 15 is 0 Å². The Labute approximate surface area is 103 Å². The molecule has 0 aromatic heterocycles. The smallest absolute Gasteiger partial charge is 0.122 e. The van der Waals surface area contributed by atoms with Crippen LogP contribution in [0, 0.1) is 0 Å². The molecule has 0 bridgehead atoms. The minimum atomic E-state index is 0.726. The first-order valence-corrected chi connectivity index (χ1v) is 6.56. The van der Waals surface area contributed by atoms with Gasteiger partial charge in [0.05, 0.1) is 6.61 Å². The van der Waals surface area contributed by atoms with Crippen molar-refractivity contribution >= 4 is 0 Å². The topological polar surface area (TPSA) is 24.5 Å². The van der Waals surface area contributed by atoms with Crippen molar-refractivity contribution in [3.8, 4) is 5.75 Å². The summed E-state index contributed by atoms with van der Waals surface area (Å²) < 4.78 is 5.54. The number of ether oxygens (including phenoxy) is 1. The summed E-state index contributed by atoms with van der Waals surface area (Å²) in [5.74, 6) is 1.09. The van der Waals surface area contributed by atoms with Crippen LogP contribution in [0.5, 0.6) is 5.75 Å². The standard InChI is InChI=1S/C14H20N2O/c1-2-16(13-8-15-9-13)10-11-3-4-14-12(7-11)5-6-17-14/h3-4,7,13,15H,2,5-6,8-10H2,1H3. The van der Waals surface area contributed by atoms with Gasteiger partial charge in [-0.1, -0.05) is 19.1 Å². The summed E-state index contributed by atoms with van der Waals surface area (Å²) in [4.78, 5) is 2.55. The molecule has 0 spiro atoms. The molecular formula is C14H20N2O. The van der Waals surface area contributed by atoms with E-state index in [9.17, 15) is 0 Å². The highest BCUT2D eigenvalue weighted by atomic mass is 16.5. The van der Waals surface area contributed by atoms with Gasteiger partial charge in [0.15, 0.2) is 0 Å². The number of likely N-dealkylation sites (N-methyl/N-ethyl adjacent to an activating group) is 1. The van der Waals surface area contributed by atoms with Crippen molar-refractivity contribution in [2.24, 2.45) is 0 Å². The van der Waals surface area contributed by atoms with Crippen LogP contribution in [-0.2, 0) is 13.0 Å². The normalized spacial score (nSPS) is 18.9. The Bertz CT molecular complexity index is 401. The SMILES string of the molecule is CCN(Cc1ccc2c(c1)CCO2)C1CNC1. The van der Waals surface area contributed by atoms with Gasteiger partial charge in [-0.25, -0.2) is 0 Å². The molecule has 92 valence electrons. The van der Waals surface area contributed by atoms with Gasteiger partial charge in [0.1, 0.15) is 5.75 Å². The third kappa shape index (κ3) is 2.17. The maximum Gasteiger partial charge on any atom is 0.122 e. The van der Waals surface area contributed by atoms with Crippen LogP contribution in [0.3, 0.4) is 0 Å². The van der Waals surface area contributed by atoms with Gasteiger partial charge in [-0.2, -0.15) is 0 Å². The van der Waals surface area contributed by atoms with Crippen molar-refractivity contribution in [1.82, 2.24) is 10.2 Å². The summed E-state index contributed by atoms with van der Waals surface area (Å²) in [5.41, 5.74) is 2.80. The monoisotopic (exact) mass is 232 g/mol. The molecule has 0 radical (unpaired) electrons. The third-order valence-corrected chi connectivity index (χ3v) is 3.82. The quantitative estimate of drug-likeness (QED) is 0.849. The van der Waals surface area contributed by atoms with E-state index in [-0.39, 0.29) is 0 Å². The highest BCUT2D eigenvalue weighted by molar-refractivity contribution is 5.39. The largest absolute Gasteiger partial charge is 0.493 e. The molecule has 3 nitrogen and oxygen atoms in total. The third-order valence-electron chi connectivity index (χ3n) is 3.82. The zero-order valence-corrected chi connectivity index (χ0v) is 10.4. The lowest BCUT2D eigenvalue weighted by Gasteiger charge is -2.37. The second-order valence-corrected chi connectivity index (χ2v) is 4.92. The molecule has 1 fully saturated rings. The number of nitrogens with zero attached hydrogens (tertiary/aromatic N) is 1. The summed E-state index contributed by atoms with van der Waals surface area (Å²) in [7, 11) is 0. The fourth-order valence-corrected chi connectivity index (χ4v) is 2.60. The van der Waals surface area contributed by atoms with Crippen LogP contribution >= 0.6 is 0 Å². The van der Waals surface area contributed by atoms with E-state index in [1.165, 1.54) is 11.1 Å². The van der Waals surface area contributed by atoms with Crippen LogP contribution in [0.1, 0.15) is 18.1 Å². The van der Waals surface area contributed by atoms with Crippen molar-refractivity contribution in [1.29, 1.82) is 0 Å². The zero-order valence-electron chi connectivity index (χ0n) is 10.4. The number of nitrogens with one attached hydrogen (secondary N) is 1. The molecule has 1 aromatic rings. The Kier molecular flexibility index (Phi) is 3.04. The fraction of sp³-hybridized carbons (Fsp3) is 0.571. The van der Waals surface area contributed by atoms with Crippen LogP contribution in [0.15, 0.2) is 18.2 Å². The van der Waals surface area contributed by atoms with E-state index in [1.54, 1.807) is 0 Å². The van der Waals surface area contributed by atoms with E-state index < -0.39 is 0 Å². The van der Waals surface area contributed by atoms with E-state index in [4.69, 9.17) is 4.74 Å². The lowest BCUT2D eigenvalue weighted by atomic mass is 10.1. The van der Waals surface area contributed by atoms with Gasteiger partial charge >= 0.3 is 0 Å². The zero-order chi connectivity index (χ0) is 11.7. The van der Waals surface area contributed by atoms with Crippen LogP contribution in [0.2, 0.25) is 0 Å². The number of rotatable bonds is 4. The first-order chi connectivity index (χ1) is 8.36. The molecule has 3 rings (SSSR count). The summed E-state index contributed by atoms with van der Waals surface area (Å²) >= 11 is 0. The van der Waals surface area contributed by atoms with Gasteiger partial charge < -0.3 is 10.1 Å². The molecule has 2 heterocycles. The molecule has 2 aliphatic rings. The minimum Gasteiger partial charge on any atom is -0.493 e. The van der Waals surface area contributed by atoms with Gasteiger partial charge in [-0.3, -0.25) is 4.90 Å².